The van der Waals surface area contributed by atoms with Crippen LogP contribution in [0.1, 0.15) is 361 Å². The number of carbonyl (C=O) groups excluding carboxylic acids is 1. The highest BCUT2D eigenvalue weighted by atomic mass is 16.7. The van der Waals surface area contributed by atoms with E-state index in [2.05, 4.69) is 43.5 Å². The highest BCUT2D eigenvalue weighted by Crippen LogP contribution is 2.24. The second-order valence-corrected chi connectivity index (χ2v) is 25.7. The number of amides is 1. The van der Waals surface area contributed by atoms with Crippen molar-refractivity contribution in [1.29, 1.82) is 0 Å². The predicted octanol–water partition coefficient (Wildman–Crippen LogP) is 17.6. The highest BCUT2D eigenvalue weighted by Gasteiger charge is 2.44. The highest BCUT2D eigenvalue weighted by molar-refractivity contribution is 5.80. The van der Waals surface area contributed by atoms with E-state index >= 15 is 0 Å². The number of ether oxygens (including phenoxy) is 2. The summed E-state index contributed by atoms with van der Waals surface area (Å²) in [5.41, 5.74) is 0. The monoisotopic (exact) mass is 1180 g/mol. The zero-order chi connectivity index (χ0) is 60.3. The third kappa shape index (κ3) is 48.2. The van der Waals surface area contributed by atoms with E-state index in [0.29, 0.717) is 19.3 Å². The number of carbonyl (C=O) groups is 1. The Kier molecular flexibility index (Phi) is 58.4. The maximum absolute atomic E-state index is 13.3. The molecule has 0 spiro atoms. The van der Waals surface area contributed by atoms with Crippen LogP contribution in [0, 0.1) is 0 Å². The van der Waals surface area contributed by atoms with Gasteiger partial charge in [0.1, 0.15) is 36.6 Å². The molecule has 1 aliphatic heterocycles. The van der Waals surface area contributed by atoms with E-state index < -0.39 is 74.2 Å². The molecule has 0 radical (unpaired) electrons. The summed E-state index contributed by atoms with van der Waals surface area (Å²) in [6.07, 6.45) is 65.5. The van der Waals surface area contributed by atoms with Crippen molar-refractivity contribution in [3.63, 3.8) is 0 Å². The Morgan fingerprint density at radius 2 is 0.735 bits per heavy atom. The molecule has 9 unspecified atom stereocenters. The van der Waals surface area contributed by atoms with Gasteiger partial charge in [0.15, 0.2) is 6.29 Å². The fraction of sp³-hybridized carbons (Fsp3) is 0.931. The Morgan fingerprint density at radius 1 is 0.422 bits per heavy atom. The van der Waals surface area contributed by atoms with Crippen LogP contribution in [-0.2, 0) is 14.3 Å². The fourth-order valence-corrected chi connectivity index (χ4v) is 11.9. The average Bonchev–Trinajstić information content (AvgIpc) is 3.68. The van der Waals surface area contributed by atoms with Crippen LogP contribution < -0.4 is 5.32 Å². The van der Waals surface area contributed by atoms with Gasteiger partial charge in [-0.1, -0.05) is 340 Å². The molecule has 8 N–H and O–H groups in total. The van der Waals surface area contributed by atoms with E-state index in [4.69, 9.17) is 9.47 Å². The molecular weight excluding hydrogens is 1040 g/mol. The molecule has 0 aromatic heterocycles. The summed E-state index contributed by atoms with van der Waals surface area (Å²) < 4.78 is 11.2. The van der Waals surface area contributed by atoms with Gasteiger partial charge < -0.3 is 50.5 Å². The van der Waals surface area contributed by atoms with E-state index in [1.807, 2.05) is 0 Å². The van der Waals surface area contributed by atoms with Gasteiger partial charge in [0.05, 0.1) is 25.4 Å². The van der Waals surface area contributed by atoms with Crippen molar-refractivity contribution in [3.8, 4) is 0 Å². The number of hydrogen-bond acceptors (Lipinski definition) is 10. The lowest BCUT2D eigenvalue weighted by atomic mass is 9.98. The van der Waals surface area contributed by atoms with E-state index in [1.165, 1.54) is 270 Å². The molecule has 11 heteroatoms. The summed E-state index contributed by atoms with van der Waals surface area (Å²) in [7, 11) is 0. The van der Waals surface area contributed by atoms with Crippen molar-refractivity contribution in [2.75, 3.05) is 13.2 Å². The second kappa shape index (κ2) is 60.9. The zero-order valence-electron chi connectivity index (χ0n) is 54.5. The van der Waals surface area contributed by atoms with Gasteiger partial charge in [-0.25, -0.2) is 0 Å². The summed E-state index contributed by atoms with van der Waals surface area (Å²) in [6, 6.07) is -1.17. The van der Waals surface area contributed by atoms with Gasteiger partial charge in [0, 0.05) is 0 Å². The maximum atomic E-state index is 13.3. The molecule has 9 atom stereocenters. The maximum Gasteiger partial charge on any atom is 0.249 e. The molecule has 1 saturated heterocycles. The number of aliphatic hydroxyl groups excluding tert-OH is 7. The molecule has 11 nitrogen and oxygen atoms in total. The van der Waals surface area contributed by atoms with Gasteiger partial charge in [-0.05, 0) is 44.9 Å². The Morgan fingerprint density at radius 3 is 1.07 bits per heavy atom. The number of rotatable bonds is 64. The summed E-state index contributed by atoms with van der Waals surface area (Å²) in [4.78, 5) is 13.3. The van der Waals surface area contributed by atoms with Crippen LogP contribution in [0.15, 0.2) is 24.3 Å². The van der Waals surface area contributed by atoms with E-state index in [-0.39, 0.29) is 6.42 Å². The minimum Gasteiger partial charge on any atom is -0.394 e. The van der Waals surface area contributed by atoms with E-state index in [1.54, 1.807) is 0 Å². The normalized spacial score (nSPS) is 19.1. The van der Waals surface area contributed by atoms with Crippen LogP contribution in [0.3, 0.4) is 0 Å². The molecule has 492 valence electrons. The summed E-state index contributed by atoms with van der Waals surface area (Å²) in [6.45, 7) is 3.51. The van der Waals surface area contributed by atoms with E-state index in [0.717, 1.165) is 51.4 Å². The van der Waals surface area contributed by atoms with Crippen molar-refractivity contribution >= 4 is 5.91 Å². The Bertz CT molecular complexity index is 1400. The van der Waals surface area contributed by atoms with Crippen molar-refractivity contribution < 1.29 is 50.0 Å². The first kappa shape index (κ1) is 79.6. The van der Waals surface area contributed by atoms with Crippen LogP contribution in [0.25, 0.3) is 0 Å². The van der Waals surface area contributed by atoms with Gasteiger partial charge in [-0.3, -0.25) is 4.79 Å². The second-order valence-electron chi connectivity index (χ2n) is 25.7. The lowest BCUT2D eigenvalue weighted by molar-refractivity contribution is -0.303. The van der Waals surface area contributed by atoms with Crippen LogP contribution in [0.2, 0.25) is 0 Å². The molecule has 0 aromatic rings. The number of aliphatic hydroxyl groups is 7. The smallest absolute Gasteiger partial charge is 0.249 e. The zero-order valence-corrected chi connectivity index (χ0v) is 54.5. The van der Waals surface area contributed by atoms with Crippen molar-refractivity contribution in [2.45, 2.75) is 416 Å². The van der Waals surface area contributed by atoms with Crippen molar-refractivity contribution in [2.24, 2.45) is 0 Å². The first-order chi connectivity index (χ1) is 40.7. The third-order valence-electron chi connectivity index (χ3n) is 17.8. The Balaban J connectivity index is 2.18. The minimum absolute atomic E-state index is 0.255. The summed E-state index contributed by atoms with van der Waals surface area (Å²) in [5, 5.41) is 76.6. The quantitative estimate of drug-likeness (QED) is 0.0215. The molecule has 1 heterocycles. The molecule has 0 bridgehead atoms. The molecule has 0 aliphatic carbocycles. The van der Waals surface area contributed by atoms with Crippen LogP contribution in [0.4, 0.5) is 0 Å². The standard InChI is InChI=1S/C72H139NO10/c1-3-5-7-9-11-13-15-17-19-21-23-25-27-29-30-31-32-33-34-35-36-38-39-41-43-45-47-49-51-53-55-57-59-64(75)67(77)63(62-82-72-70(80)69(79)68(78)66(61-74)83-72)73-71(81)65(76)60-58-56-54-52-50-48-46-44-42-40-37-28-26-24-22-20-18-16-14-12-10-8-6-4-2/h24,26,37,40,63-70,72,74-80H,3-23,25,27-36,38-39,41-62H2,1-2H3,(H,73,81)/b26-24-,40-37-. The number of nitrogens with one attached hydrogen (secondary N) is 1. The van der Waals surface area contributed by atoms with Gasteiger partial charge >= 0.3 is 0 Å². The molecule has 0 saturated carbocycles. The lowest BCUT2D eigenvalue weighted by Gasteiger charge is -2.40. The van der Waals surface area contributed by atoms with Crippen molar-refractivity contribution in [1.82, 2.24) is 5.32 Å². The predicted molar refractivity (Wildman–Crippen MR) is 349 cm³/mol. The topological polar surface area (TPSA) is 189 Å². The Labute approximate surface area is 512 Å². The van der Waals surface area contributed by atoms with Crippen LogP contribution in [0.5, 0.6) is 0 Å². The van der Waals surface area contributed by atoms with Crippen molar-refractivity contribution in [3.05, 3.63) is 24.3 Å². The fourth-order valence-electron chi connectivity index (χ4n) is 11.9. The van der Waals surface area contributed by atoms with Gasteiger partial charge in [-0.2, -0.15) is 0 Å². The molecular formula is C72H139NO10. The molecule has 1 fully saturated rings. The molecule has 1 rings (SSSR count). The molecule has 1 amide bonds. The SMILES string of the molecule is CCCCCCCCCCC/C=C\C/C=C\CCCCCCCCCCC(O)C(=O)NC(COC1OC(CO)C(O)C(O)C1O)C(O)C(O)CCCCCCCCCCCCCCCCCCCCCCCCCCCCCCCCCC. The number of allylic oxidation sites excluding steroid dienone is 4. The third-order valence-corrected chi connectivity index (χ3v) is 17.8. The molecule has 83 heavy (non-hydrogen) atoms. The largest absolute Gasteiger partial charge is 0.394 e. The average molecular weight is 1180 g/mol. The van der Waals surface area contributed by atoms with Crippen LogP contribution >= 0.6 is 0 Å². The summed E-state index contributed by atoms with van der Waals surface area (Å²) >= 11 is 0. The van der Waals surface area contributed by atoms with Gasteiger partial charge in [-0.15, -0.1) is 0 Å². The number of hydrogen-bond donors (Lipinski definition) is 8. The van der Waals surface area contributed by atoms with Gasteiger partial charge in [0.25, 0.3) is 0 Å². The molecule has 0 aromatic carbocycles. The number of unbranched alkanes of at least 4 members (excludes halogenated alkanes) is 48. The lowest BCUT2D eigenvalue weighted by Crippen LogP contribution is -2.60. The minimum atomic E-state index is -1.66. The van der Waals surface area contributed by atoms with Gasteiger partial charge in [0.2, 0.25) is 5.91 Å². The Hall–Kier alpha value is -1.41. The first-order valence-electron chi connectivity index (χ1n) is 36.2. The molecule has 1 aliphatic rings. The first-order valence-corrected chi connectivity index (χ1v) is 36.2. The summed E-state index contributed by atoms with van der Waals surface area (Å²) in [5.74, 6) is -0.695. The van der Waals surface area contributed by atoms with E-state index in [9.17, 15) is 40.5 Å². The van der Waals surface area contributed by atoms with Crippen LogP contribution in [-0.4, -0.2) is 110 Å².